The highest BCUT2D eigenvalue weighted by Crippen LogP contribution is 2.24. The number of hydrogen-bond acceptors (Lipinski definition) is 5. The lowest BCUT2D eigenvalue weighted by Crippen LogP contribution is -2.11. The molecule has 6 heteroatoms. The number of rotatable bonds is 5. The van der Waals surface area contributed by atoms with Gasteiger partial charge in [0.1, 0.15) is 16.5 Å². The molecule has 0 bridgehead atoms. The molecule has 3 rings (SSSR count). The lowest BCUT2D eigenvalue weighted by molar-refractivity contribution is 0.102. The summed E-state index contributed by atoms with van der Waals surface area (Å²) in [7, 11) is 0. The third kappa shape index (κ3) is 3.97. The lowest BCUT2D eigenvalue weighted by atomic mass is 10.2. The summed E-state index contributed by atoms with van der Waals surface area (Å²) >= 11 is 1.39. The molecule has 0 fully saturated rings. The molecule has 0 saturated carbocycles. The first-order chi connectivity index (χ1) is 11.6. The normalized spacial score (nSPS) is 10.6. The van der Waals surface area contributed by atoms with Gasteiger partial charge in [-0.1, -0.05) is 43.4 Å². The van der Waals surface area contributed by atoms with Crippen LogP contribution in [0.15, 0.2) is 54.6 Å². The van der Waals surface area contributed by atoms with Gasteiger partial charge in [0, 0.05) is 11.5 Å². The number of benzene rings is 2. The number of carbonyl (C=O) groups excluding carboxylic acids is 1. The third-order valence-corrected chi connectivity index (χ3v) is 4.39. The van der Waals surface area contributed by atoms with Crippen LogP contribution in [0, 0.1) is 0 Å². The predicted octanol–water partition coefficient (Wildman–Crippen LogP) is 4.71. The number of aromatic nitrogens is 2. The van der Waals surface area contributed by atoms with E-state index in [9.17, 15) is 4.79 Å². The quantitative estimate of drug-likeness (QED) is 0.731. The topological polar surface area (TPSA) is 64.1 Å². The van der Waals surface area contributed by atoms with Crippen molar-refractivity contribution in [3.8, 4) is 11.5 Å². The summed E-state index contributed by atoms with van der Waals surface area (Å²) in [6.45, 7) is 4.08. The minimum absolute atomic E-state index is 0.215. The number of anilines is 1. The molecule has 0 saturated heterocycles. The van der Waals surface area contributed by atoms with Crippen LogP contribution in [0.5, 0.6) is 11.5 Å². The Bertz CT molecular complexity index is 814. The number of nitrogens with zero attached hydrogens (tertiary/aromatic N) is 2. The Hall–Kier alpha value is -2.73. The SMILES string of the molecule is CC(C)c1nnc(NC(=O)c2ccc(Oc3ccccc3)cc2)s1. The van der Waals surface area contributed by atoms with Gasteiger partial charge in [0.15, 0.2) is 0 Å². The first-order valence-electron chi connectivity index (χ1n) is 7.59. The second kappa shape index (κ2) is 7.23. The van der Waals surface area contributed by atoms with Crippen LogP contribution in [0.3, 0.4) is 0 Å². The fraction of sp³-hybridized carbons (Fsp3) is 0.167. The monoisotopic (exact) mass is 339 g/mol. The van der Waals surface area contributed by atoms with Crippen molar-refractivity contribution in [2.24, 2.45) is 0 Å². The van der Waals surface area contributed by atoms with Gasteiger partial charge in [0.05, 0.1) is 0 Å². The van der Waals surface area contributed by atoms with Crippen LogP contribution < -0.4 is 10.1 Å². The standard InChI is InChI=1S/C18H17N3O2S/c1-12(2)17-20-21-18(24-17)19-16(22)13-8-10-15(11-9-13)23-14-6-4-3-5-7-14/h3-12H,1-2H3,(H,19,21,22). The van der Waals surface area contributed by atoms with E-state index in [1.54, 1.807) is 24.3 Å². The molecule has 1 heterocycles. The zero-order valence-corrected chi connectivity index (χ0v) is 14.2. The maximum absolute atomic E-state index is 12.2. The average Bonchev–Trinajstić information content (AvgIpc) is 3.05. The van der Waals surface area contributed by atoms with E-state index in [1.807, 2.05) is 44.2 Å². The highest BCUT2D eigenvalue weighted by Gasteiger charge is 2.12. The molecular weight excluding hydrogens is 322 g/mol. The highest BCUT2D eigenvalue weighted by atomic mass is 32.1. The second-order valence-corrected chi connectivity index (χ2v) is 6.50. The summed E-state index contributed by atoms with van der Waals surface area (Å²) in [5.74, 6) is 1.51. The van der Waals surface area contributed by atoms with Crippen LogP contribution in [0.4, 0.5) is 5.13 Å². The van der Waals surface area contributed by atoms with E-state index in [0.717, 1.165) is 10.8 Å². The molecule has 24 heavy (non-hydrogen) atoms. The fourth-order valence-electron chi connectivity index (χ4n) is 1.99. The van der Waals surface area contributed by atoms with E-state index >= 15 is 0 Å². The molecule has 0 atom stereocenters. The Morgan fingerprint density at radius 1 is 1.00 bits per heavy atom. The van der Waals surface area contributed by atoms with Gasteiger partial charge in [-0.3, -0.25) is 10.1 Å². The zero-order valence-electron chi connectivity index (χ0n) is 13.4. The Balaban J connectivity index is 1.65. The summed E-state index contributed by atoms with van der Waals surface area (Å²) in [5.41, 5.74) is 0.539. The zero-order chi connectivity index (χ0) is 16.9. The average molecular weight is 339 g/mol. The van der Waals surface area contributed by atoms with Crippen LogP contribution in [-0.4, -0.2) is 16.1 Å². The molecule has 0 radical (unpaired) electrons. The first-order valence-corrected chi connectivity index (χ1v) is 8.41. The van der Waals surface area contributed by atoms with Crippen molar-refractivity contribution in [1.29, 1.82) is 0 Å². The van der Waals surface area contributed by atoms with Crippen LogP contribution in [0.1, 0.15) is 35.1 Å². The fourth-order valence-corrected chi connectivity index (χ4v) is 2.73. The van der Waals surface area contributed by atoms with Crippen LogP contribution in [-0.2, 0) is 0 Å². The van der Waals surface area contributed by atoms with Gasteiger partial charge in [-0.2, -0.15) is 0 Å². The summed E-state index contributed by atoms with van der Waals surface area (Å²) in [6, 6.07) is 16.5. The molecule has 1 N–H and O–H groups in total. The molecule has 1 amide bonds. The predicted molar refractivity (Wildman–Crippen MR) is 94.9 cm³/mol. The summed E-state index contributed by atoms with van der Waals surface area (Å²) in [5, 5.41) is 12.2. The van der Waals surface area contributed by atoms with Gasteiger partial charge in [0.25, 0.3) is 5.91 Å². The van der Waals surface area contributed by atoms with E-state index < -0.39 is 0 Å². The molecule has 5 nitrogen and oxygen atoms in total. The van der Waals surface area contributed by atoms with E-state index in [0.29, 0.717) is 22.4 Å². The first kappa shape index (κ1) is 16.1. The Morgan fingerprint density at radius 2 is 1.67 bits per heavy atom. The molecule has 0 aliphatic carbocycles. The maximum atomic E-state index is 12.2. The number of carbonyl (C=O) groups is 1. The molecule has 0 aliphatic heterocycles. The summed E-state index contributed by atoms with van der Waals surface area (Å²) in [6.07, 6.45) is 0. The number of hydrogen-bond donors (Lipinski definition) is 1. The molecule has 2 aromatic carbocycles. The van der Waals surface area contributed by atoms with Crippen molar-refractivity contribution in [3.63, 3.8) is 0 Å². The van der Waals surface area contributed by atoms with Crippen LogP contribution >= 0.6 is 11.3 Å². The van der Waals surface area contributed by atoms with Crippen LogP contribution in [0.25, 0.3) is 0 Å². The van der Waals surface area contributed by atoms with Gasteiger partial charge in [-0.15, -0.1) is 10.2 Å². The van der Waals surface area contributed by atoms with Crippen molar-refractivity contribution < 1.29 is 9.53 Å². The van der Waals surface area contributed by atoms with Crippen molar-refractivity contribution in [3.05, 3.63) is 65.2 Å². The van der Waals surface area contributed by atoms with Crippen molar-refractivity contribution in [1.82, 2.24) is 10.2 Å². The lowest BCUT2D eigenvalue weighted by Gasteiger charge is -2.06. The maximum Gasteiger partial charge on any atom is 0.257 e. The van der Waals surface area contributed by atoms with Gasteiger partial charge < -0.3 is 4.74 Å². The molecule has 122 valence electrons. The third-order valence-electron chi connectivity index (χ3n) is 3.25. The number of ether oxygens (including phenoxy) is 1. The molecule has 3 aromatic rings. The molecular formula is C18H17N3O2S. The van der Waals surface area contributed by atoms with Gasteiger partial charge >= 0.3 is 0 Å². The second-order valence-electron chi connectivity index (χ2n) is 5.49. The highest BCUT2D eigenvalue weighted by molar-refractivity contribution is 7.15. The Morgan fingerprint density at radius 3 is 2.29 bits per heavy atom. The van der Waals surface area contributed by atoms with E-state index in [2.05, 4.69) is 15.5 Å². The molecule has 0 unspecified atom stereocenters. The Kier molecular flexibility index (Phi) is 4.86. The summed E-state index contributed by atoms with van der Waals surface area (Å²) < 4.78 is 5.71. The van der Waals surface area contributed by atoms with E-state index in [1.165, 1.54) is 11.3 Å². The van der Waals surface area contributed by atoms with Gasteiger partial charge in [-0.05, 0) is 36.4 Å². The number of nitrogens with one attached hydrogen (secondary N) is 1. The van der Waals surface area contributed by atoms with E-state index in [4.69, 9.17) is 4.74 Å². The molecule has 0 aliphatic rings. The summed E-state index contributed by atoms with van der Waals surface area (Å²) in [4.78, 5) is 12.2. The number of para-hydroxylation sites is 1. The minimum atomic E-state index is -0.215. The minimum Gasteiger partial charge on any atom is -0.457 e. The van der Waals surface area contributed by atoms with Gasteiger partial charge in [0.2, 0.25) is 5.13 Å². The van der Waals surface area contributed by atoms with Crippen molar-refractivity contribution in [2.75, 3.05) is 5.32 Å². The molecule has 1 aromatic heterocycles. The van der Waals surface area contributed by atoms with Gasteiger partial charge in [-0.25, -0.2) is 0 Å². The largest absolute Gasteiger partial charge is 0.457 e. The Labute approximate surface area is 144 Å². The van der Waals surface area contributed by atoms with E-state index in [-0.39, 0.29) is 5.91 Å². The number of amides is 1. The van der Waals surface area contributed by atoms with Crippen molar-refractivity contribution >= 4 is 22.4 Å². The van der Waals surface area contributed by atoms with Crippen LogP contribution in [0.2, 0.25) is 0 Å². The smallest absolute Gasteiger partial charge is 0.257 e. The van der Waals surface area contributed by atoms with Crippen molar-refractivity contribution in [2.45, 2.75) is 19.8 Å². The molecule has 0 spiro atoms.